The molecule has 0 radical (unpaired) electrons. The van der Waals surface area contributed by atoms with Crippen molar-refractivity contribution in [1.82, 2.24) is 57.3 Å². The van der Waals surface area contributed by atoms with Crippen molar-refractivity contribution in [2.75, 3.05) is 45.9 Å². The van der Waals surface area contributed by atoms with Crippen LogP contribution >= 0.6 is 15.6 Å². The number of aromatic amines is 1. The summed E-state index contributed by atoms with van der Waals surface area (Å²) in [6.45, 7) is -4.93. The van der Waals surface area contributed by atoms with Crippen LogP contribution in [0.25, 0.3) is 10.9 Å². The first-order valence-electron chi connectivity index (χ1n) is 26.4. The highest BCUT2D eigenvalue weighted by Gasteiger charge is 2.42. The molecule has 5 rings (SSSR count). The lowest BCUT2D eigenvalue weighted by Crippen LogP contribution is -2.60. The van der Waals surface area contributed by atoms with Gasteiger partial charge in [0, 0.05) is 56.0 Å². The zero-order valence-corrected chi connectivity index (χ0v) is 47.1. The molecular weight excluding hydrogens is 1170 g/mol. The molecule has 3 aliphatic rings. The van der Waals surface area contributed by atoms with E-state index >= 15 is 0 Å². The van der Waals surface area contributed by atoms with E-state index < -0.39 is 193 Å². The van der Waals surface area contributed by atoms with Crippen LogP contribution in [0.15, 0.2) is 35.5 Å². The SMILES string of the molecule is NC(N)=NCCC[C@@H]1NC(=O)[C@H](CCC(=O)O)NC(=O)CNC(=O)[C@@H]2CCCN2C(=O)[C@H](COP(=O)(O)O)NC(=O)[C@H](Cc2c[nH]c3ccccc23)NC(=O)[C@H](CCC(=O)O)NC(=O)CNC(=O)[C@@H]2CCCN2C(=O)[C@H](COP(=O)(O)O)NC1=O. The number of nitrogens with one attached hydrogen (secondary N) is 9. The van der Waals surface area contributed by atoms with Crippen LogP contribution in [0, 0.1) is 0 Å². The summed E-state index contributed by atoms with van der Waals surface area (Å²) in [5, 5.41) is 38.2. The van der Waals surface area contributed by atoms with Gasteiger partial charge in [-0.3, -0.25) is 71.6 Å². The molecule has 19 N–H and O–H groups in total. The summed E-state index contributed by atoms with van der Waals surface area (Å²) in [6.07, 6.45) is -2.08. The predicted molar refractivity (Wildman–Crippen MR) is 289 cm³/mol. The second kappa shape index (κ2) is 31.2. The molecule has 8 atom stereocenters. The van der Waals surface area contributed by atoms with E-state index in [-0.39, 0.29) is 64.1 Å². The Morgan fingerprint density at radius 3 is 1.46 bits per heavy atom. The van der Waals surface area contributed by atoms with Crippen LogP contribution in [0.5, 0.6) is 0 Å². The Labute approximate surface area is 482 Å². The van der Waals surface area contributed by atoms with Crippen LogP contribution in [0.1, 0.15) is 69.8 Å². The number of carbonyl (C=O) groups excluding carboxylic acids is 10. The van der Waals surface area contributed by atoms with Gasteiger partial charge in [0.25, 0.3) is 0 Å². The number of fused-ring (bicyclic) bond motifs is 3. The molecule has 0 aliphatic carbocycles. The van der Waals surface area contributed by atoms with Gasteiger partial charge < -0.3 is 98.6 Å². The van der Waals surface area contributed by atoms with Gasteiger partial charge in [-0.1, -0.05) is 18.2 Å². The predicted octanol–water partition coefficient (Wildman–Crippen LogP) is -6.15. The van der Waals surface area contributed by atoms with Crippen molar-refractivity contribution in [2.45, 2.75) is 119 Å². The number of phosphoric ester groups is 2. The lowest BCUT2D eigenvalue weighted by Gasteiger charge is -2.30. The summed E-state index contributed by atoms with van der Waals surface area (Å²) in [6, 6.07) is -7.29. The van der Waals surface area contributed by atoms with Crippen molar-refractivity contribution < 1.29 is 105 Å². The van der Waals surface area contributed by atoms with Crippen LogP contribution in [0.2, 0.25) is 0 Å². The highest BCUT2D eigenvalue weighted by Crippen LogP contribution is 2.37. The van der Waals surface area contributed by atoms with Gasteiger partial charge in [0.1, 0.15) is 48.3 Å². The number of phosphoric acid groups is 2. The summed E-state index contributed by atoms with van der Waals surface area (Å²) in [4.78, 5) is 211. The van der Waals surface area contributed by atoms with Gasteiger partial charge in [0.2, 0.25) is 59.1 Å². The van der Waals surface area contributed by atoms with E-state index in [2.05, 4.69) is 61.6 Å². The average Bonchev–Trinajstić information content (AvgIpc) is 4.41. The molecule has 3 aliphatic heterocycles. The van der Waals surface area contributed by atoms with Gasteiger partial charge in [0.05, 0.1) is 26.3 Å². The fraction of sp³-hybridized carbons (Fsp3) is 0.553. The minimum atomic E-state index is -5.41. The average molecular weight is 1240 g/mol. The Hall–Kier alpha value is -8.11. The van der Waals surface area contributed by atoms with Crippen molar-refractivity contribution in [3.05, 3.63) is 36.0 Å². The molecule has 3 saturated heterocycles. The molecule has 1 aromatic heterocycles. The topological polar surface area (TPSA) is 562 Å². The first kappa shape index (κ1) is 67.7. The van der Waals surface area contributed by atoms with E-state index in [4.69, 9.17) is 11.5 Å². The molecule has 38 heteroatoms. The van der Waals surface area contributed by atoms with Crippen LogP contribution in [-0.2, 0) is 82.1 Å². The smallest absolute Gasteiger partial charge is 0.469 e. The maximum absolute atomic E-state index is 14.5. The summed E-state index contributed by atoms with van der Waals surface area (Å²) >= 11 is 0. The second-order valence-corrected chi connectivity index (χ2v) is 22.2. The highest BCUT2D eigenvalue weighted by atomic mass is 31.2. The number of guanidine groups is 1. The molecule has 4 heterocycles. The summed E-state index contributed by atoms with van der Waals surface area (Å²) < 4.78 is 33.2. The monoisotopic (exact) mass is 1240 g/mol. The zero-order chi connectivity index (χ0) is 62.8. The third kappa shape index (κ3) is 21.5. The van der Waals surface area contributed by atoms with Gasteiger partial charge in [-0.15, -0.1) is 0 Å². The maximum Gasteiger partial charge on any atom is 0.469 e. The van der Waals surface area contributed by atoms with Gasteiger partial charge in [-0.25, -0.2) is 9.13 Å². The van der Waals surface area contributed by atoms with E-state index in [9.17, 15) is 96.5 Å². The van der Waals surface area contributed by atoms with Crippen molar-refractivity contribution in [1.29, 1.82) is 0 Å². The van der Waals surface area contributed by atoms with Gasteiger partial charge in [0.15, 0.2) is 5.96 Å². The van der Waals surface area contributed by atoms with E-state index in [1.165, 1.54) is 6.20 Å². The minimum Gasteiger partial charge on any atom is -0.481 e. The van der Waals surface area contributed by atoms with Crippen LogP contribution < -0.4 is 54.0 Å². The molecule has 36 nitrogen and oxygen atoms in total. The van der Waals surface area contributed by atoms with E-state index in [1.807, 2.05) is 0 Å². The number of nitrogens with two attached hydrogens (primary N) is 2. The number of aliphatic carboxylic acids is 2. The minimum absolute atomic E-state index is 0.0850. The lowest BCUT2D eigenvalue weighted by molar-refractivity contribution is -0.143. The quantitative estimate of drug-likeness (QED) is 0.0286. The molecule has 10 amide bonds. The van der Waals surface area contributed by atoms with Crippen LogP contribution in [0.4, 0.5) is 0 Å². The number of carbonyl (C=O) groups is 12. The summed E-state index contributed by atoms with van der Waals surface area (Å²) in [5.74, 6) is -14.6. The molecule has 2 aromatic rings. The van der Waals surface area contributed by atoms with Crippen molar-refractivity contribution >= 4 is 104 Å². The first-order valence-corrected chi connectivity index (χ1v) is 29.5. The van der Waals surface area contributed by atoms with Crippen molar-refractivity contribution in [3.8, 4) is 0 Å². The molecule has 0 bridgehead atoms. The van der Waals surface area contributed by atoms with E-state index in [0.717, 1.165) is 9.80 Å². The largest absolute Gasteiger partial charge is 0.481 e. The lowest BCUT2D eigenvalue weighted by atomic mass is 10.0. The first-order chi connectivity index (χ1) is 40.0. The number of rotatable bonds is 18. The number of hydrogen-bond acceptors (Lipinski definition) is 17. The Morgan fingerprint density at radius 1 is 0.588 bits per heavy atom. The number of hydrogen-bond donors (Lipinski definition) is 17. The van der Waals surface area contributed by atoms with Gasteiger partial charge >= 0.3 is 27.6 Å². The summed E-state index contributed by atoms with van der Waals surface area (Å²) in [5.41, 5.74) is 11.8. The normalized spacial score (nSPS) is 24.3. The second-order valence-electron chi connectivity index (χ2n) is 19.7. The molecule has 0 unspecified atom stereocenters. The third-order valence-electron chi connectivity index (χ3n) is 13.5. The van der Waals surface area contributed by atoms with Gasteiger partial charge in [-0.05, 0) is 63.0 Å². The molecule has 0 spiro atoms. The fourth-order valence-corrected chi connectivity index (χ4v) is 10.1. The Kier molecular flexibility index (Phi) is 24.8. The number of para-hydroxylation sites is 1. The van der Waals surface area contributed by atoms with Crippen molar-refractivity contribution in [3.63, 3.8) is 0 Å². The number of aromatic nitrogens is 1. The summed E-state index contributed by atoms with van der Waals surface area (Å²) in [7, 11) is -10.8. The number of nitrogens with zero attached hydrogens (tertiary/aromatic N) is 3. The molecule has 468 valence electrons. The number of H-pyrrole nitrogens is 1. The molecular formula is C47H68N14O22P2. The number of benzene rings is 1. The molecule has 0 saturated carbocycles. The fourth-order valence-electron chi connectivity index (χ4n) is 9.42. The Morgan fingerprint density at radius 2 is 1.01 bits per heavy atom. The van der Waals surface area contributed by atoms with E-state index in [1.54, 1.807) is 24.3 Å². The number of aliphatic imine (C=N–C) groups is 1. The molecule has 3 fully saturated rings. The van der Waals surface area contributed by atoms with Crippen LogP contribution in [0.3, 0.4) is 0 Å². The Bertz CT molecular complexity index is 2970. The van der Waals surface area contributed by atoms with E-state index in [0.29, 0.717) is 16.5 Å². The number of carboxylic acids is 2. The number of carboxylic acid groups (broad SMARTS) is 2. The molecule has 85 heavy (non-hydrogen) atoms. The van der Waals surface area contributed by atoms with Crippen LogP contribution in [-0.4, -0.2) is 216 Å². The highest BCUT2D eigenvalue weighted by molar-refractivity contribution is 7.46. The Balaban J connectivity index is 1.55. The van der Waals surface area contributed by atoms with Crippen molar-refractivity contribution in [2.24, 2.45) is 16.5 Å². The maximum atomic E-state index is 14.5. The van der Waals surface area contributed by atoms with Gasteiger partial charge in [-0.2, -0.15) is 0 Å². The standard InChI is InChI=1S/C47H68N14O22P2/c48-47(49)50-15-3-8-27-39(68)58-31(22-82-84(76,77)78)45(74)60-16-4-9-33(60)43(72)53-21-36(63)55-29(12-14-38(66)67)41(70)57-30(18-24-19-51-26-7-2-1-6-25(24)26)42(71)59-32(23-83-85(79,80)81)46(75)61-17-5-10-34(61)44(73)52-20-35(62)54-28(40(69)56-27)11-13-37(64)65/h1-2,6-7,19,27-34,51H,3-5,8-18,20-23H2,(H,52,73)(H,53,72)(H,54,62)(H,55,63)(H,56,69)(H,57,70)(H,58,68)(H,59,71)(H,64,65)(H,66,67)(H4,48,49,50)(H2,76,77,78)(H2,79,80,81)/t27-,28-,29-,30-,31-,32-,33-,34-/m0/s1. The zero-order valence-electron chi connectivity index (χ0n) is 45.3. The molecule has 1 aromatic carbocycles. The third-order valence-corrected chi connectivity index (χ3v) is 14.4. The number of amides is 10.